The van der Waals surface area contributed by atoms with E-state index >= 15 is 0 Å². The molecule has 0 fully saturated rings. The molecule has 0 aliphatic rings. The Bertz CT molecular complexity index is 233. The van der Waals surface area contributed by atoms with Gasteiger partial charge in [0, 0.05) is 6.61 Å². The summed E-state index contributed by atoms with van der Waals surface area (Å²) < 4.78 is 11.6. The molecule has 4 nitrogen and oxygen atoms in total. The molecule has 0 amide bonds. The second-order valence-corrected chi connectivity index (χ2v) is 6.83. The molecule has 0 aliphatic heterocycles. The van der Waals surface area contributed by atoms with Crippen LogP contribution in [-0.4, -0.2) is 47.8 Å². The summed E-state index contributed by atoms with van der Waals surface area (Å²) in [6.45, 7) is 12.7. The average Bonchev–Trinajstić information content (AvgIpc) is 2.30. The number of rotatable bonds is 9. The van der Waals surface area contributed by atoms with Crippen molar-refractivity contribution in [1.82, 2.24) is 0 Å². The molecular formula is C15H32O4. The van der Waals surface area contributed by atoms with Crippen molar-refractivity contribution < 1.29 is 19.7 Å². The van der Waals surface area contributed by atoms with E-state index in [1.807, 2.05) is 20.8 Å². The Balaban J connectivity index is 4.58. The van der Waals surface area contributed by atoms with E-state index in [2.05, 4.69) is 20.8 Å². The van der Waals surface area contributed by atoms with E-state index < -0.39 is 11.7 Å². The molecule has 0 radical (unpaired) electrons. The Morgan fingerprint density at radius 3 is 1.95 bits per heavy atom. The van der Waals surface area contributed by atoms with Gasteiger partial charge in [-0.05, 0) is 32.1 Å². The maximum absolute atomic E-state index is 9.52. The molecule has 0 saturated carbocycles. The van der Waals surface area contributed by atoms with Crippen LogP contribution in [0.1, 0.15) is 54.4 Å². The largest absolute Gasteiger partial charge is 0.394 e. The van der Waals surface area contributed by atoms with E-state index in [0.717, 1.165) is 12.8 Å². The molecule has 2 atom stereocenters. The lowest BCUT2D eigenvalue weighted by atomic mass is 9.89. The van der Waals surface area contributed by atoms with E-state index in [4.69, 9.17) is 9.47 Å². The second-order valence-electron chi connectivity index (χ2n) is 6.83. The van der Waals surface area contributed by atoms with Crippen molar-refractivity contribution in [3.05, 3.63) is 0 Å². The van der Waals surface area contributed by atoms with Gasteiger partial charge in [0.05, 0.1) is 24.9 Å². The molecule has 4 heteroatoms. The monoisotopic (exact) mass is 276 g/mol. The highest BCUT2D eigenvalue weighted by atomic mass is 16.6. The Labute approximate surface area is 118 Å². The smallest absolute Gasteiger partial charge is 0.109 e. The summed E-state index contributed by atoms with van der Waals surface area (Å²) in [6, 6.07) is 0. The lowest BCUT2D eigenvalue weighted by Crippen LogP contribution is -2.46. The van der Waals surface area contributed by atoms with Crippen molar-refractivity contribution in [2.45, 2.75) is 72.2 Å². The zero-order valence-electron chi connectivity index (χ0n) is 13.4. The minimum Gasteiger partial charge on any atom is -0.394 e. The predicted molar refractivity (Wildman–Crippen MR) is 77.2 cm³/mol. The molecule has 116 valence electrons. The van der Waals surface area contributed by atoms with E-state index in [0.29, 0.717) is 6.61 Å². The minimum atomic E-state index is -0.559. The van der Waals surface area contributed by atoms with Gasteiger partial charge in [0.1, 0.15) is 6.10 Å². The van der Waals surface area contributed by atoms with Gasteiger partial charge in [-0.1, -0.05) is 27.7 Å². The number of ether oxygens (including phenoxy) is 2. The second kappa shape index (κ2) is 8.20. The SMILES string of the molecule is CCCOC(C)(C)C(CO)OC(CO)CC(C)(C)C. The normalized spacial score (nSPS) is 16.4. The molecule has 0 rings (SSSR count). The fourth-order valence-corrected chi connectivity index (χ4v) is 1.96. The third-order valence-corrected chi connectivity index (χ3v) is 3.02. The Morgan fingerprint density at radius 1 is 1.00 bits per heavy atom. The molecule has 0 bridgehead atoms. The summed E-state index contributed by atoms with van der Waals surface area (Å²) in [5, 5.41) is 18.9. The first-order valence-electron chi connectivity index (χ1n) is 7.17. The van der Waals surface area contributed by atoms with Gasteiger partial charge in [0.25, 0.3) is 0 Å². The summed E-state index contributed by atoms with van der Waals surface area (Å²) in [6.07, 6.45) is 0.955. The van der Waals surface area contributed by atoms with Crippen LogP contribution < -0.4 is 0 Å². The number of aliphatic hydroxyl groups is 2. The van der Waals surface area contributed by atoms with Gasteiger partial charge >= 0.3 is 0 Å². The van der Waals surface area contributed by atoms with Crippen molar-refractivity contribution in [3.63, 3.8) is 0 Å². The highest BCUT2D eigenvalue weighted by Crippen LogP contribution is 2.26. The van der Waals surface area contributed by atoms with Crippen LogP contribution in [0.2, 0.25) is 0 Å². The van der Waals surface area contributed by atoms with E-state index in [9.17, 15) is 10.2 Å². The number of hydrogen-bond donors (Lipinski definition) is 2. The molecular weight excluding hydrogens is 244 g/mol. The predicted octanol–water partition coefficient (Wildman–Crippen LogP) is 2.37. The Morgan fingerprint density at radius 2 is 1.58 bits per heavy atom. The third kappa shape index (κ3) is 7.88. The van der Waals surface area contributed by atoms with Gasteiger partial charge in [0.15, 0.2) is 0 Å². The lowest BCUT2D eigenvalue weighted by Gasteiger charge is -2.36. The standard InChI is InChI=1S/C15H32O4/c1-7-8-18-15(5,6)13(11-17)19-12(10-16)9-14(2,3)4/h12-13,16-17H,7-11H2,1-6H3. The first kappa shape index (κ1) is 18.8. The van der Waals surface area contributed by atoms with Crippen LogP contribution in [0, 0.1) is 5.41 Å². The Hall–Kier alpha value is -0.160. The fraction of sp³-hybridized carbons (Fsp3) is 1.00. The molecule has 0 aromatic carbocycles. The number of hydrogen-bond acceptors (Lipinski definition) is 4. The summed E-state index contributed by atoms with van der Waals surface area (Å²) >= 11 is 0. The minimum absolute atomic E-state index is 0.0440. The van der Waals surface area contributed by atoms with Gasteiger partial charge in [0.2, 0.25) is 0 Å². The summed E-state index contributed by atoms with van der Waals surface area (Å²) in [4.78, 5) is 0. The molecule has 0 spiro atoms. The maximum atomic E-state index is 9.52. The van der Waals surface area contributed by atoms with E-state index in [1.165, 1.54) is 0 Å². The molecule has 0 aliphatic carbocycles. The molecule has 2 N–H and O–H groups in total. The number of aliphatic hydroxyl groups excluding tert-OH is 2. The van der Waals surface area contributed by atoms with Gasteiger partial charge in [-0.15, -0.1) is 0 Å². The topological polar surface area (TPSA) is 58.9 Å². The zero-order valence-corrected chi connectivity index (χ0v) is 13.4. The van der Waals surface area contributed by atoms with Crippen LogP contribution in [0.25, 0.3) is 0 Å². The summed E-state index contributed by atoms with van der Waals surface area (Å²) in [7, 11) is 0. The summed E-state index contributed by atoms with van der Waals surface area (Å²) in [5.41, 5.74) is -0.488. The zero-order chi connectivity index (χ0) is 15.1. The first-order valence-corrected chi connectivity index (χ1v) is 7.17. The van der Waals surface area contributed by atoms with Crippen LogP contribution in [0.5, 0.6) is 0 Å². The van der Waals surface area contributed by atoms with Gasteiger partial charge in [-0.3, -0.25) is 0 Å². The van der Waals surface area contributed by atoms with Crippen molar-refractivity contribution in [2.24, 2.45) is 5.41 Å². The molecule has 0 heterocycles. The Kier molecular flexibility index (Phi) is 8.13. The van der Waals surface area contributed by atoms with Crippen LogP contribution in [-0.2, 0) is 9.47 Å². The summed E-state index contributed by atoms with van der Waals surface area (Å²) in [5.74, 6) is 0. The molecule has 2 unspecified atom stereocenters. The average molecular weight is 276 g/mol. The molecule has 0 aromatic rings. The van der Waals surface area contributed by atoms with Crippen molar-refractivity contribution in [2.75, 3.05) is 19.8 Å². The van der Waals surface area contributed by atoms with Crippen molar-refractivity contribution in [3.8, 4) is 0 Å². The molecule has 0 saturated heterocycles. The van der Waals surface area contributed by atoms with E-state index in [1.54, 1.807) is 0 Å². The van der Waals surface area contributed by atoms with Crippen LogP contribution in [0.15, 0.2) is 0 Å². The van der Waals surface area contributed by atoms with Crippen molar-refractivity contribution >= 4 is 0 Å². The van der Waals surface area contributed by atoms with Crippen LogP contribution in [0.3, 0.4) is 0 Å². The first-order chi connectivity index (χ1) is 8.66. The van der Waals surface area contributed by atoms with Gasteiger partial charge < -0.3 is 19.7 Å². The quantitative estimate of drug-likeness (QED) is 0.679. The van der Waals surface area contributed by atoms with Gasteiger partial charge in [-0.25, -0.2) is 0 Å². The lowest BCUT2D eigenvalue weighted by molar-refractivity contribution is -0.172. The van der Waals surface area contributed by atoms with Crippen LogP contribution >= 0.6 is 0 Å². The molecule has 19 heavy (non-hydrogen) atoms. The van der Waals surface area contributed by atoms with E-state index in [-0.39, 0.29) is 24.7 Å². The maximum Gasteiger partial charge on any atom is 0.109 e. The fourth-order valence-electron chi connectivity index (χ4n) is 1.96. The highest BCUT2D eigenvalue weighted by Gasteiger charge is 2.33. The molecule has 0 aromatic heterocycles. The van der Waals surface area contributed by atoms with Crippen molar-refractivity contribution in [1.29, 1.82) is 0 Å². The van der Waals surface area contributed by atoms with Crippen LogP contribution in [0.4, 0.5) is 0 Å². The van der Waals surface area contributed by atoms with Gasteiger partial charge in [-0.2, -0.15) is 0 Å². The highest BCUT2D eigenvalue weighted by molar-refractivity contribution is 4.82. The third-order valence-electron chi connectivity index (χ3n) is 3.02.